The fraction of sp³-hybridized carbons (Fsp3) is 0.611. The second-order valence-electron chi connectivity index (χ2n) is 8.42. The monoisotopic (exact) mass is 538 g/mol. The van der Waals surface area contributed by atoms with Gasteiger partial charge in [-0.3, -0.25) is 14.1 Å². The van der Waals surface area contributed by atoms with E-state index >= 15 is 0 Å². The van der Waals surface area contributed by atoms with Crippen molar-refractivity contribution in [3.63, 3.8) is 0 Å². The number of nitrogens with one attached hydrogen (secondary N) is 1. The predicted molar refractivity (Wildman–Crippen MR) is 121 cm³/mol. The molecule has 6 N–H and O–H groups in total. The first-order valence-corrected chi connectivity index (χ1v) is 14.5. The molecule has 4 rings (SSSR count). The zero-order valence-corrected chi connectivity index (χ0v) is 20.3. The minimum absolute atomic E-state index is 0.00917. The Labute approximate surface area is 199 Å². The molecule has 1 aliphatic heterocycles. The van der Waals surface area contributed by atoms with Gasteiger partial charge in [-0.25, -0.2) is 4.98 Å². The third kappa shape index (κ3) is 6.11. The van der Waals surface area contributed by atoms with E-state index in [1.165, 1.54) is 6.20 Å². The molecule has 1 saturated heterocycles. The molecule has 2 aliphatic rings. The molecule has 2 aromatic rings. The SMILES string of the molecule is O=P(O)(O)CP(=O)(O)OC[C@H]1O[C@@H](c2cnc3c(NC4CCCC4)nc(Cl)nc3c2)[C@H](O)[C@@H]1O. The number of hydrogen-bond acceptors (Lipinski definition) is 10. The zero-order chi connectivity index (χ0) is 24.7. The minimum Gasteiger partial charge on any atom is -0.387 e. The van der Waals surface area contributed by atoms with Crippen LogP contribution in [-0.4, -0.2) is 76.7 Å². The van der Waals surface area contributed by atoms with Crippen LogP contribution in [-0.2, 0) is 18.4 Å². The number of fused-ring (bicyclic) bond motifs is 1. The Morgan fingerprint density at radius 1 is 1.15 bits per heavy atom. The molecular weight excluding hydrogens is 514 g/mol. The molecule has 2 aromatic heterocycles. The molecule has 13 nitrogen and oxygen atoms in total. The predicted octanol–water partition coefficient (Wildman–Crippen LogP) is 1.53. The van der Waals surface area contributed by atoms with Crippen molar-refractivity contribution in [2.24, 2.45) is 0 Å². The Kier molecular flexibility index (Phi) is 7.62. The van der Waals surface area contributed by atoms with Gasteiger partial charge in [-0.05, 0) is 30.5 Å². The first-order valence-electron chi connectivity index (χ1n) is 10.5. The number of pyridine rings is 1. The van der Waals surface area contributed by atoms with Crippen molar-refractivity contribution in [1.29, 1.82) is 0 Å². The highest BCUT2D eigenvalue weighted by Gasteiger charge is 2.45. The molecule has 2 fully saturated rings. The average Bonchev–Trinajstić information content (AvgIpc) is 3.33. The molecule has 1 saturated carbocycles. The summed E-state index contributed by atoms with van der Waals surface area (Å²) in [4.78, 5) is 40.2. The van der Waals surface area contributed by atoms with Gasteiger partial charge in [0.05, 0.1) is 12.1 Å². The van der Waals surface area contributed by atoms with Gasteiger partial charge in [-0.1, -0.05) is 12.8 Å². The van der Waals surface area contributed by atoms with Crippen molar-refractivity contribution >= 4 is 43.6 Å². The Morgan fingerprint density at radius 2 is 1.85 bits per heavy atom. The van der Waals surface area contributed by atoms with Gasteiger partial charge in [0, 0.05) is 17.8 Å². The van der Waals surface area contributed by atoms with E-state index in [4.69, 9.17) is 30.6 Å². The number of nitrogens with zero attached hydrogens (tertiary/aromatic N) is 3. The van der Waals surface area contributed by atoms with Crippen LogP contribution < -0.4 is 5.32 Å². The lowest BCUT2D eigenvalue weighted by Crippen LogP contribution is -2.33. The zero-order valence-electron chi connectivity index (χ0n) is 17.8. The number of ether oxygens (including phenoxy) is 1. The molecule has 0 aromatic carbocycles. The summed E-state index contributed by atoms with van der Waals surface area (Å²) in [5.41, 5.74) is 1.24. The third-order valence-corrected chi connectivity index (χ3v) is 9.35. The lowest BCUT2D eigenvalue weighted by Gasteiger charge is -2.18. The summed E-state index contributed by atoms with van der Waals surface area (Å²) in [7, 11) is -9.45. The summed E-state index contributed by atoms with van der Waals surface area (Å²) in [6.45, 7) is -0.674. The van der Waals surface area contributed by atoms with Crippen LogP contribution in [0.1, 0.15) is 37.4 Å². The Bertz CT molecular complexity index is 1150. The van der Waals surface area contributed by atoms with E-state index in [1.54, 1.807) is 6.07 Å². The number of hydrogen-bond donors (Lipinski definition) is 6. The molecule has 0 spiro atoms. The Hall–Kier alpha value is -1.24. The first-order chi connectivity index (χ1) is 15.9. The number of halogens is 1. The van der Waals surface area contributed by atoms with E-state index in [2.05, 4.69) is 20.3 Å². The summed E-state index contributed by atoms with van der Waals surface area (Å²) >= 11 is 6.09. The third-order valence-electron chi connectivity index (χ3n) is 5.72. The Balaban J connectivity index is 1.51. The number of anilines is 1. The molecule has 0 radical (unpaired) electrons. The van der Waals surface area contributed by atoms with Crippen LogP contribution in [0.2, 0.25) is 5.28 Å². The highest BCUT2D eigenvalue weighted by atomic mass is 35.5. The summed E-state index contributed by atoms with van der Waals surface area (Å²) in [5.74, 6) is -0.877. The molecule has 5 atom stereocenters. The van der Waals surface area contributed by atoms with E-state index in [0.29, 0.717) is 22.4 Å². The van der Waals surface area contributed by atoms with E-state index in [9.17, 15) is 24.2 Å². The molecule has 16 heteroatoms. The van der Waals surface area contributed by atoms with Gasteiger partial charge in [0.2, 0.25) is 5.28 Å². The van der Waals surface area contributed by atoms with Gasteiger partial charge >= 0.3 is 15.2 Å². The van der Waals surface area contributed by atoms with Crippen LogP contribution in [0.15, 0.2) is 12.3 Å². The van der Waals surface area contributed by atoms with Crippen molar-refractivity contribution in [2.45, 2.75) is 56.1 Å². The van der Waals surface area contributed by atoms with Crippen LogP contribution in [0.4, 0.5) is 5.82 Å². The second-order valence-corrected chi connectivity index (χ2v) is 12.8. The lowest BCUT2D eigenvalue weighted by molar-refractivity contribution is -0.0186. The highest BCUT2D eigenvalue weighted by Crippen LogP contribution is 2.55. The van der Waals surface area contributed by atoms with Crippen LogP contribution >= 0.6 is 26.8 Å². The standard InChI is InChI=1S/C18H25ClN4O9P2/c19-18-22-11-5-9(6-20-13(11)17(23-18)21-10-3-1-2-4-10)16-15(25)14(24)12(32-16)7-31-34(29,30)8-33(26,27)28/h5-6,10,12,14-16,24-25H,1-4,7-8H2,(H,29,30)(H,21,22,23)(H2,26,27,28)/t12-,14-,15-,16+/m1/s1. The van der Waals surface area contributed by atoms with Crippen LogP contribution in [0.3, 0.4) is 0 Å². The fourth-order valence-electron chi connectivity index (χ4n) is 4.15. The summed E-state index contributed by atoms with van der Waals surface area (Å²) in [5, 5.41) is 24.2. The fourth-order valence-corrected chi connectivity index (χ4v) is 6.90. The lowest BCUT2D eigenvalue weighted by atomic mass is 10.0. The molecule has 1 aliphatic carbocycles. The molecule has 34 heavy (non-hydrogen) atoms. The molecule has 188 valence electrons. The number of aromatic nitrogens is 3. The minimum atomic E-state index is -4.80. The topological polar surface area (TPSA) is 204 Å². The molecule has 1 unspecified atom stereocenters. The van der Waals surface area contributed by atoms with Crippen molar-refractivity contribution in [3.8, 4) is 0 Å². The van der Waals surface area contributed by atoms with Crippen LogP contribution in [0.25, 0.3) is 11.0 Å². The van der Waals surface area contributed by atoms with Crippen molar-refractivity contribution in [1.82, 2.24) is 15.0 Å². The van der Waals surface area contributed by atoms with E-state index in [1.807, 2.05) is 0 Å². The normalized spacial score (nSPS) is 27.8. The smallest absolute Gasteiger partial charge is 0.340 e. The van der Waals surface area contributed by atoms with Crippen molar-refractivity contribution in [3.05, 3.63) is 23.1 Å². The van der Waals surface area contributed by atoms with Crippen LogP contribution in [0, 0.1) is 0 Å². The quantitative estimate of drug-likeness (QED) is 0.208. The molecular formula is C18H25ClN4O9P2. The van der Waals surface area contributed by atoms with E-state index < -0.39 is 52.1 Å². The van der Waals surface area contributed by atoms with Gasteiger partial charge in [0.15, 0.2) is 11.7 Å². The second kappa shape index (κ2) is 10.0. The van der Waals surface area contributed by atoms with Crippen molar-refractivity contribution in [2.75, 3.05) is 17.8 Å². The number of rotatable bonds is 8. The summed E-state index contributed by atoms with van der Waals surface area (Å²) in [6.07, 6.45) is 0.488. The van der Waals surface area contributed by atoms with Gasteiger partial charge in [-0.15, -0.1) is 0 Å². The van der Waals surface area contributed by atoms with E-state index in [-0.39, 0.29) is 11.3 Å². The average molecular weight is 539 g/mol. The Morgan fingerprint density at radius 3 is 2.53 bits per heavy atom. The van der Waals surface area contributed by atoms with Gasteiger partial charge in [0.1, 0.15) is 29.9 Å². The van der Waals surface area contributed by atoms with Gasteiger partial charge in [0.25, 0.3) is 0 Å². The molecule has 0 bridgehead atoms. The maximum Gasteiger partial charge on any atom is 0.340 e. The largest absolute Gasteiger partial charge is 0.387 e. The first kappa shape index (κ1) is 25.8. The number of aliphatic hydroxyl groups is 2. The van der Waals surface area contributed by atoms with Gasteiger partial charge in [-0.2, -0.15) is 4.98 Å². The van der Waals surface area contributed by atoms with E-state index in [0.717, 1.165) is 25.7 Å². The maximum absolute atomic E-state index is 11.9. The van der Waals surface area contributed by atoms with Crippen molar-refractivity contribution < 1.29 is 43.3 Å². The summed E-state index contributed by atoms with van der Waals surface area (Å²) < 4.78 is 33.2. The molecule has 0 amide bonds. The number of aliphatic hydroxyl groups excluding tert-OH is 2. The highest BCUT2D eigenvalue weighted by molar-refractivity contribution is 7.70. The summed E-state index contributed by atoms with van der Waals surface area (Å²) in [6, 6.07) is 1.85. The van der Waals surface area contributed by atoms with Gasteiger partial charge < -0.3 is 39.5 Å². The van der Waals surface area contributed by atoms with Crippen LogP contribution in [0.5, 0.6) is 0 Å². The maximum atomic E-state index is 11.9. The molecule has 3 heterocycles.